The Kier molecular flexibility index (Phi) is 10.2. The molecule has 0 radical (unpaired) electrons. The number of carbonyl (C=O) groups is 5. The first-order chi connectivity index (χ1) is 21.7. The molecule has 1 saturated carbocycles. The van der Waals surface area contributed by atoms with E-state index in [0.29, 0.717) is 44.8 Å². The van der Waals surface area contributed by atoms with Crippen LogP contribution in [0.15, 0.2) is 36.4 Å². The van der Waals surface area contributed by atoms with E-state index in [-0.39, 0.29) is 48.6 Å². The lowest BCUT2D eigenvalue weighted by atomic mass is 9.93. The molecule has 1 aliphatic carbocycles. The summed E-state index contributed by atoms with van der Waals surface area (Å²) in [7, 11) is 0. The first kappa shape index (κ1) is 31.8. The van der Waals surface area contributed by atoms with Gasteiger partial charge in [0, 0.05) is 44.8 Å². The third kappa shape index (κ3) is 7.55. The molecule has 2 N–H and O–H groups in total. The summed E-state index contributed by atoms with van der Waals surface area (Å²) < 4.78 is 12.4. The minimum Gasteiger partial charge on any atom is -0.467 e. The van der Waals surface area contributed by atoms with Crippen molar-refractivity contribution in [3.8, 4) is 11.6 Å². The number of likely N-dealkylation sites (tertiary alicyclic amines) is 1. The number of carbonyl (C=O) groups excluding carboxylic acids is 5. The number of nitrogens with one attached hydrogen (secondary N) is 2. The van der Waals surface area contributed by atoms with Gasteiger partial charge in [-0.25, -0.2) is 9.48 Å². The van der Waals surface area contributed by atoms with Crippen LogP contribution in [0, 0.1) is 0 Å². The van der Waals surface area contributed by atoms with Gasteiger partial charge in [-0.1, -0.05) is 18.2 Å². The molecule has 14 nitrogen and oxygen atoms in total. The van der Waals surface area contributed by atoms with Crippen LogP contribution in [0.3, 0.4) is 0 Å². The molecule has 0 spiro atoms. The molecule has 5 rings (SSSR count). The van der Waals surface area contributed by atoms with E-state index in [4.69, 9.17) is 9.47 Å². The van der Waals surface area contributed by atoms with Crippen molar-refractivity contribution in [2.24, 2.45) is 0 Å². The molecule has 242 valence electrons. The topological polar surface area (TPSA) is 155 Å². The van der Waals surface area contributed by atoms with Crippen molar-refractivity contribution in [3.05, 3.63) is 42.1 Å². The normalized spacial score (nSPS) is 19.0. The van der Waals surface area contributed by atoms with Gasteiger partial charge in [0.2, 0.25) is 17.7 Å². The third-order valence-corrected chi connectivity index (χ3v) is 8.42. The summed E-state index contributed by atoms with van der Waals surface area (Å²) in [4.78, 5) is 69.0. The molecule has 2 aliphatic heterocycles. The van der Waals surface area contributed by atoms with E-state index in [2.05, 4.69) is 15.7 Å². The van der Waals surface area contributed by atoms with Crippen LogP contribution in [-0.2, 0) is 19.1 Å². The summed E-state index contributed by atoms with van der Waals surface area (Å²) in [6, 6.07) is 9.28. The van der Waals surface area contributed by atoms with Crippen LogP contribution in [0.1, 0.15) is 56.4 Å². The Morgan fingerprint density at radius 1 is 0.956 bits per heavy atom. The number of para-hydroxylation sites is 1. The Morgan fingerprint density at radius 2 is 1.67 bits per heavy atom. The van der Waals surface area contributed by atoms with Gasteiger partial charge in [-0.2, -0.15) is 5.10 Å². The zero-order valence-electron chi connectivity index (χ0n) is 25.8. The van der Waals surface area contributed by atoms with Crippen molar-refractivity contribution in [2.75, 3.05) is 45.9 Å². The molecular weight excluding hydrogens is 582 g/mol. The van der Waals surface area contributed by atoms with Gasteiger partial charge in [0.15, 0.2) is 12.3 Å². The van der Waals surface area contributed by atoms with E-state index in [1.807, 2.05) is 18.2 Å². The maximum atomic E-state index is 13.2. The van der Waals surface area contributed by atoms with E-state index >= 15 is 0 Å². The molecule has 5 amide bonds. The lowest BCUT2D eigenvalue weighted by molar-refractivity contribution is -0.140. The number of benzene rings is 1. The quantitative estimate of drug-likeness (QED) is 0.402. The second-order valence-corrected chi connectivity index (χ2v) is 11.5. The number of ether oxygens (including phenoxy) is 2. The molecule has 0 unspecified atom stereocenters. The van der Waals surface area contributed by atoms with Crippen LogP contribution in [0.2, 0.25) is 0 Å². The largest absolute Gasteiger partial charge is 0.467 e. The number of hydrogen-bond donors (Lipinski definition) is 2. The van der Waals surface area contributed by atoms with E-state index < -0.39 is 24.1 Å². The van der Waals surface area contributed by atoms with Crippen LogP contribution in [0.25, 0.3) is 5.69 Å². The van der Waals surface area contributed by atoms with Gasteiger partial charge in [-0.05, 0) is 58.1 Å². The van der Waals surface area contributed by atoms with E-state index in [0.717, 1.165) is 25.7 Å². The van der Waals surface area contributed by atoms with Crippen LogP contribution < -0.4 is 15.4 Å². The molecule has 3 fully saturated rings. The predicted octanol–water partition coefficient (Wildman–Crippen LogP) is 1.33. The number of piperazine rings is 1. The minimum atomic E-state index is -0.849. The van der Waals surface area contributed by atoms with Gasteiger partial charge in [0.1, 0.15) is 12.1 Å². The lowest BCUT2D eigenvalue weighted by Crippen LogP contribution is -2.55. The minimum absolute atomic E-state index is 0.00649. The molecule has 3 heterocycles. The standard InChI is InChI=1S/C31H41N7O7/c1-3-44-31(43)36-17-15-35(16-18-36)30(42)21(2)32-28(40)24-19-27(38(34-24)23-11-5-4-6-12-23)45-20-26(39)37-14-8-13-25(37)29(41)33-22-9-7-10-22/h4-6,11-12,19,21-22,25H,3,7-10,13-18,20H2,1-2H3,(H,32,40)(H,33,41)/t21-,25+/m1/s1. The SMILES string of the molecule is CCOC(=O)N1CCN(C(=O)[C@@H](C)NC(=O)c2cc(OCC(=O)N3CCC[C@H]3C(=O)NC3CCC3)n(-c3ccccc3)n2)CC1. The Bertz CT molecular complexity index is 1390. The fourth-order valence-electron chi connectivity index (χ4n) is 5.67. The molecule has 1 aromatic carbocycles. The number of amides is 5. The molecule has 0 bridgehead atoms. The second kappa shape index (κ2) is 14.4. The Balaban J connectivity index is 1.21. The first-order valence-electron chi connectivity index (χ1n) is 15.6. The van der Waals surface area contributed by atoms with Crippen molar-refractivity contribution >= 4 is 29.7 Å². The third-order valence-electron chi connectivity index (χ3n) is 8.42. The molecule has 2 aromatic rings. The fourth-order valence-corrected chi connectivity index (χ4v) is 5.67. The molecule has 2 saturated heterocycles. The number of rotatable bonds is 10. The highest BCUT2D eigenvalue weighted by atomic mass is 16.6. The highest BCUT2D eigenvalue weighted by Crippen LogP contribution is 2.23. The second-order valence-electron chi connectivity index (χ2n) is 11.5. The highest BCUT2D eigenvalue weighted by Gasteiger charge is 2.36. The van der Waals surface area contributed by atoms with Gasteiger partial charge in [0.05, 0.1) is 12.3 Å². The number of hydrogen-bond acceptors (Lipinski definition) is 8. The zero-order chi connectivity index (χ0) is 31.9. The van der Waals surface area contributed by atoms with Crippen molar-refractivity contribution in [1.29, 1.82) is 0 Å². The fraction of sp³-hybridized carbons (Fsp3) is 0.548. The van der Waals surface area contributed by atoms with Crippen LogP contribution in [-0.4, -0.2) is 118 Å². The average molecular weight is 624 g/mol. The maximum Gasteiger partial charge on any atom is 0.409 e. The average Bonchev–Trinajstić information content (AvgIpc) is 3.70. The zero-order valence-corrected chi connectivity index (χ0v) is 25.8. The van der Waals surface area contributed by atoms with Gasteiger partial charge < -0.3 is 34.8 Å². The van der Waals surface area contributed by atoms with Gasteiger partial charge in [-0.15, -0.1) is 0 Å². The smallest absolute Gasteiger partial charge is 0.409 e. The van der Waals surface area contributed by atoms with E-state index in [9.17, 15) is 24.0 Å². The number of aromatic nitrogens is 2. The summed E-state index contributed by atoms with van der Waals surface area (Å²) in [5, 5.41) is 10.2. The summed E-state index contributed by atoms with van der Waals surface area (Å²) in [5.41, 5.74) is 0.619. The predicted molar refractivity (Wildman–Crippen MR) is 162 cm³/mol. The van der Waals surface area contributed by atoms with Crippen molar-refractivity contribution in [3.63, 3.8) is 0 Å². The molecule has 1 aromatic heterocycles. The van der Waals surface area contributed by atoms with Gasteiger partial charge in [-0.3, -0.25) is 19.2 Å². The van der Waals surface area contributed by atoms with Crippen molar-refractivity contribution < 1.29 is 33.4 Å². The lowest BCUT2D eigenvalue weighted by Gasteiger charge is -2.35. The highest BCUT2D eigenvalue weighted by molar-refractivity contribution is 5.96. The first-order valence-corrected chi connectivity index (χ1v) is 15.6. The molecule has 2 atom stereocenters. The van der Waals surface area contributed by atoms with Crippen LogP contribution >= 0.6 is 0 Å². The summed E-state index contributed by atoms with van der Waals surface area (Å²) >= 11 is 0. The van der Waals surface area contributed by atoms with E-state index in [1.165, 1.54) is 10.7 Å². The van der Waals surface area contributed by atoms with Gasteiger partial charge in [0.25, 0.3) is 11.8 Å². The number of nitrogens with zero attached hydrogens (tertiary/aromatic N) is 5. The van der Waals surface area contributed by atoms with Crippen LogP contribution in [0.5, 0.6) is 5.88 Å². The van der Waals surface area contributed by atoms with E-state index in [1.54, 1.807) is 40.7 Å². The summed E-state index contributed by atoms with van der Waals surface area (Å²) in [6.45, 7) is 5.09. The summed E-state index contributed by atoms with van der Waals surface area (Å²) in [6.07, 6.45) is 3.97. The Hall–Kier alpha value is -4.62. The van der Waals surface area contributed by atoms with Crippen molar-refractivity contribution in [2.45, 2.75) is 64.1 Å². The van der Waals surface area contributed by atoms with Crippen molar-refractivity contribution in [1.82, 2.24) is 35.1 Å². The monoisotopic (exact) mass is 623 g/mol. The maximum absolute atomic E-state index is 13.2. The molecular formula is C31H41N7O7. The molecule has 45 heavy (non-hydrogen) atoms. The Morgan fingerprint density at radius 3 is 2.33 bits per heavy atom. The van der Waals surface area contributed by atoms with Crippen LogP contribution in [0.4, 0.5) is 4.79 Å². The van der Waals surface area contributed by atoms with Gasteiger partial charge >= 0.3 is 6.09 Å². The molecule has 14 heteroatoms. The Labute approximate surface area is 262 Å². The molecule has 3 aliphatic rings. The summed E-state index contributed by atoms with van der Waals surface area (Å²) in [5.74, 6) is -1.14.